The van der Waals surface area contributed by atoms with Crippen molar-refractivity contribution < 1.29 is 8.42 Å². The highest BCUT2D eigenvalue weighted by Crippen LogP contribution is 2.27. The molecule has 2 fully saturated rings. The first kappa shape index (κ1) is 9.29. The van der Waals surface area contributed by atoms with Crippen molar-refractivity contribution in [3.63, 3.8) is 0 Å². The molecule has 0 aliphatic carbocycles. The van der Waals surface area contributed by atoms with Crippen LogP contribution in [0.5, 0.6) is 0 Å². The van der Waals surface area contributed by atoms with Crippen LogP contribution in [-0.2, 0) is 9.84 Å². The normalized spacial score (nSPS) is 39.6. The molecule has 2 saturated heterocycles. The lowest BCUT2D eigenvalue weighted by atomic mass is 10.0. The fraction of sp³-hybridized carbons (Fsp3) is 1.00. The quantitative estimate of drug-likeness (QED) is 0.579. The Kier molecular flexibility index (Phi) is 2.46. The lowest BCUT2D eigenvalue weighted by molar-refractivity contribution is 0.533. The number of rotatable bonds is 0. The van der Waals surface area contributed by atoms with Crippen LogP contribution < -0.4 is 5.32 Å². The zero-order chi connectivity index (χ0) is 7.19. The maximum absolute atomic E-state index is 11.0. The summed E-state index contributed by atoms with van der Waals surface area (Å²) in [7, 11) is -2.65. The van der Waals surface area contributed by atoms with Crippen molar-refractivity contribution in [1.29, 1.82) is 0 Å². The van der Waals surface area contributed by atoms with E-state index in [1.54, 1.807) is 0 Å². The van der Waals surface area contributed by atoms with E-state index >= 15 is 0 Å². The minimum atomic E-state index is -2.65. The van der Waals surface area contributed by atoms with Gasteiger partial charge in [0.05, 0.1) is 11.5 Å². The first-order chi connectivity index (χ1) is 4.67. The molecule has 0 amide bonds. The van der Waals surface area contributed by atoms with E-state index < -0.39 is 9.84 Å². The zero-order valence-electron chi connectivity index (χ0n) is 6.12. The summed E-state index contributed by atoms with van der Waals surface area (Å²) in [6.07, 6.45) is 0. The van der Waals surface area contributed by atoms with Gasteiger partial charge in [-0.25, -0.2) is 8.42 Å². The summed E-state index contributed by atoms with van der Waals surface area (Å²) in [6, 6.07) is 0. The zero-order valence-corrected chi connectivity index (χ0v) is 7.75. The van der Waals surface area contributed by atoms with Crippen LogP contribution in [0, 0.1) is 11.8 Å². The van der Waals surface area contributed by atoms with Gasteiger partial charge in [-0.2, -0.15) is 0 Å². The van der Waals surface area contributed by atoms with Gasteiger partial charge in [0.1, 0.15) is 0 Å². The molecule has 1 N–H and O–H groups in total. The van der Waals surface area contributed by atoms with E-state index in [-0.39, 0.29) is 12.4 Å². The lowest BCUT2D eigenvalue weighted by Gasteiger charge is -2.00. The van der Waals surface area contributed by atoms with Gasteiger partial charge in [0.2, 0.25) is 0 Å². The summed E-state index contributed by atoms with van der Waals surface area (Å²) in [6.45, 7) is 1.81. The van der Waals surface area contributed by atoms with Crippen LogP contribution in [0.2, 0.25) is 0 Å². The topological polar surface area (TPSA) is 46.2 Å². The number of hydrogen-bond donors (Lipinski definition) is 1. The fourth-order valence-corrected chi connectivity index (χ4v) is 4.12. The number of halogens is 1. The van der Waals surface area contributed by atoms with Crippen LogP contribution in [0.3, 0.4) is 0 Å². The molecule has 0 aromatic heterocycles. The minimum absolute atomic E-state index is 0. The summed E-state index contributed by atoms with van der Waals surface area (Å²) >= 11 is 0. The Morgan fingerprint density at radius 2 is 1.55 bits per heavy atom. The monoisotopic (exact) mass is 197 g/mol. The van der Waals surface area contributed by atoms with Crippen molar-refractivity contribution in [3.8, 4) is 0 Å². The van der Waals surface area contributed by atoms with Gasteiger partial charge >= 0.3 is 0 Å². The van der Waals surface area contributed by atoms with Gasteiger partial charge in [0.15, 0.2) is 9.84 Å². The van der Waals surface area contributed by atoms with Crippen molar-refractivity contribution in [3.05, 3.63) is 0 Å². The van der Waals surface area contributed by atoms with Crippen molar-refractivity contribution in [2.45, 2.75) is 0 Å². The third-order valence-electron chi connectivity index (χ3n) is 2.42. The molecule has 0 bridgehead atoms. The molecule has 0 aromatic rings. The number of nitrogens with one attached hydrogen (secondary N) is 1. The van der Waals surface area contributed by atoms with Crippen molar-refractivity contribution in [2.24, 2.45) is 11.8 Å². The molecule has 2 heterocycles. The third-order valence-corrected chi connectivity index (χ3v) is 4.29. The maximum Gasteiger partial charge on any atom is 0.150 e. The highest BCUT2D eigenvalue weighted by Gasteiger charge is 2.40. The molecule has 2 aliphatic heterocycles. The minimum Gasteiger partial charge on any atom is -0.316 e. The molecule has 0 radical (unpaired) electrons. The molecule has 66 valence electrons. The molecule has 0 aromatic carbocycles. The molecule has 0 unspecified atom stereocenters. The Labute approximate surface area is 72.9 Å². The summed E-state index contributed by atoms with van der Waals surface area (Å²) in [5.74, 6) is 1.69. The van der Waals surface area contributed by atoms with Gasteiger partial charge < -0.3 is 5.32 Å². The predicted molar refractivity (Wildman–Crippen MR) is 45.8 cm³/mol. The molecular formula is C6H12ClNO2S. The average molecular weight is 198 g/mol. The van der Waals surface area contributed by atoms with E-state index in [0.29, 0.717) is 23.3 Å². The lowest BCUT2D eigenvalue weighted by Crippen LogP contribution is -2.16. The smallest absolute Gasteiger partial charge is 0.150 e. The van der Waals surface area contributed by atoms with E-state index in [2.05, 4.69) is 5.32 Å². The Morgan fingerprint density at radius 3 is 2.00 bits per heavy atom. The van der Waals surface area contributed by atoms with Crippen LogP contribution in [0.25, 0.3) is 0 Å². The first-order valence-corrected chi connectivity index (χ1v) is 5.41. The Morgan fingerprint density at radius 1 is 1.09 bits per heavy atom. The van der Waals surface area contributed by atoms with Crippen molar-refractivity contribution in [2.75, 3.05) is 24.6 Å². The summed E-state index contributed by atoms with van der Waals surface area (Å²) in [4.78, 5) is 0. The van der Waals surface area contributed by atoms with Crippen molar-refractivity contribution in [1.82, 2.24) is 5.32 Å². The van der Waals surface area contributed by atoms with Crippen molar-refractivity contribution >= 4 is 22.2 Å². The number of hydrogen-bond acceptors (Lipinski definition) is 3. The van der Waals surface area contributed by atoms with E-state index in [1.165, 1.54) is 0 Å². The second-order valence-corrected chi connectivity index (χ2v) is 5.41. The van der Waals surface area contributed by atoms with Crippen LogP contribution in [0.1, 0.15) is 0 Å². The SMILES string of the molecule is Cl.O=S1(=O)C[C@H]2CNC[C@H]2C1. The van der Waals surface area contributed by atoms with Gasteiger partial charge in [0, 0.05) is 0 Å². The maximum atomic E-state index is 11.0. The highest BCUT2D eigenvalue weighted by atomic mass is 35.5. The number of fused-ring (bicyclic) bond motifs is 1. The first-order valence-electron chi connectivity index (χ1n) is 3.58. The third kappa shape index (κ3) is 1.68. The van der Waals surface area contributed by atoms with E-state index in [4.69, 9.17) is 0 Å². The van der Waals surface area contributed by atoms with Crippen LogP contribution in [0.15, 0.2) is 0 Å². The standard InChI is InChI=1S/C6H11NO2S.ClH/c8-10(9)3-5-1-7-2-6(5)4-10;/h5-7H,1-4H2;1H/t5-,6+;. The van der Waals surface area contributed by atoms with Gasteiger partial charge in [-0.3, -0.25) is 0 Å². The van der Waals surface area contributed by atoms with Crippen LogP contribution in [-0.4, -0.2) is 33.0 Å². The van der Waals surface area contributed by atoms with Gasteiger partial charge in [0.25, 0.3) is 0 Å². The Balaban J connectivity index is 0.000000605. The largest absolute Gasteiger partial charge is 0.316 e. The molecule has 2 rings (SSSR count). The molecule has 5 heteroatoms. The van der Waals surface area contributed by atoms with Crippen LogP contribution in [0.4, 0.5) is 0 Å². The highest BCUT2D eigenvalue weighted by molar-refractivity contribution is 7.91. The summed E-state index contributed by atoms with van der Waals surface area (Å²) in [5, 5.41) is 3.20. The predicted octanol–water partition coefficient (Wildman–Crippen LogP) is -0.328. The Bertz CT molecular complexity index is 221. The molecule has 2 aliphatic rings. The Hall–Kier alpha value is 0.200. The molecule has 0 spiro atoms. The van der Waals surface area contributed by atoms with Crippen LogP contribution >= 0.6 is 12.4 Å². The molecular weight excluding hydrogens is 186 g/mol. The molecule has 2 atom stereocenters. The van der Waals surface area contributed by atoms with Gasteiger partial charge in [-0.1, -0.05) is 0 Å². The fourth-order valence-electron chi connectivity index (χ4n) is 1.90. The van der Waals surface area contributed by atoms with E-state index in [0.717, 1.165) is 13.1 Å². The second kappa shape index (κ2) is 2.92. The summed E-state index contributed by atoms with van der Waals surface area (Å²) < 4.78 is 22.0. The van der Waals surface area contributed by atoms with Gasteiger partial charge in [-0.05, 0) is 24.9 Å². The average Bonchev–Trinajstić information content (AvgIpc) is 2.20. The molecule has 0 saturated carbocycles. The van der Waals surface area contributed by atoms with Gasteiger partial charge in [-0.15, -0.1) is 12.4 Å². The molecule has 3 nitrogen and oxygen atoms in total. The van der Waals surface area contributed by atoms with E-state index in [1.807, 2.05) is 0 Å². The number of sulfone groups is 1. The summed E-state index contributed by atoms with van der Waals surface area (Å²) in [5.41, 5.74) is 0. The second-order valence-electron chi connectivity index (χ2n) is 3.26. The molecule has 11 heavy (non-hydrogen) atoms. The van der Waals surface area contributed by atoms with E-state index in [9.17, 15) is 8.42 Å².